The Hall–Kier alpha value is -0.800. The van der Waals surface area contributed by atoms with E-state index >= 15 is 0 Å². The number of hydrogen-bond acceptors (Lipinski definition) is 3. The van der Waals surface area contributed by atoms with Crippen LogP contribution in [0.4, 0.5) is 0 Å². The average molecular weight is 307 g/mol. The number of nitrogens with one attached hydrogen (secondary N) is 1. The summed E-state index contributed by atoms with van der Waals surface area (Å²) in [5.41, 5.74) is 0.470. The van der Waals surface area contributed by atoms with Crippen LogP contribution in [0.15, 0.2) is 18.2 Å². The molecular weight excluding hydrogens is 295 g/mol. The molecule has 1 aromatic rings. The van der Waals surface area contributed by atoms with E-state index in [4.69, 9.17) is 28.5 Å². The van der Waals surface area contributed by atoms with Crippen molar-refractivity contribution in [3.05, 3.63) is 33.8 Å². The fourth-order valence-electron chi connectivity index (χ4n) is 1.37. The molecule has 1 aromatic carbocycles. The van der Waals surface area contributed by atoms with E-state index in [2.05, 4.69) is 4.72 Å². The molecule has 0 saturated carbocycles. The molecule has 0 aliphatic carbocycles. The standard InChI is InChI=1S/C11H12Cl2N2O2S/c1-8(4-5-14)15-18(16,17)7-9-2-3-10(12)6-11(9)13/h2-3,6,8,15H,4,7H2,1H3/t8-/m1/s1. The van der Waals surface area contributed by atoms with E-state index in [9.17, 15) is 8.42 Å². The van der Waals surface area contributed by atoms with Gasteiger partial charge in [-0.1, -0.05) is 29.3 Å². The van der Waals surface area contributed by atoms with Crippen LogP contribution in [0.2, 0.25) is 10.0 Å². The Morgan fingerprint density at radius 1 is 1.44 bits per heavy atom. The van der Waals surface area contributed by atoms with Gasteiger partial charge in [-0.2, -0.15) is 5.26 Å². The molecule has 0 aliphatic rings. The van der Waals surface area contributed by atoms with Crippen LogP contribution in [0.25, 0.3) is 0 Å². The lowest BCUT2D eigenvalue weighted by Crippen LogP contribution is -2.33. The number of halogens is 2. The molecule has 0 saturated heterocycles. The zero-order valence-electron chi connectivity index (χ0n) is 9.65. The Morgan fingerprint density at radius 2 is 2.11 bits per heavy atom. The number of sulfonamides is 1. The van der Waals surface area contributed by atoms with Gasteiger partial charge in [0.2, 0.25) is 10.0 Å². The van der Waals surface area contributed by atoms with Crippen molar-refractivity contribution in [1.82, 2.24) is 4.72 Å². The molecule has 1 N–H and O–H groups in total. The quantitative estimate of drug-likeness (QED) is 0.909. The minimum atomic E-state index is -3.52. The van der Waals surface area contributed by atoms with Gasteiger partial charge in [0, 0.05) is 16.1 Å². The first-order valence-electron chi connectivity index (χ1n) is 5.15. The van der Waals surface area contributed by atoms with E-state index in [1.54, 1.807) is 19.1 Å². The van der Waals surface area contributed by atoms with Crippen LogP contribution >= 0.6 is 23.2 Å². The number of nitriles is 1. The third kappa shape index (κ3) is 4.83. The number of rotatable bonds is 5. The highest BCUT2D eigenvalue weighted by molar-refractivity contribution is 7.88. The van der Waals surface area contributed by atoms with Crippen LogP contribution in [0.3, 0.4) is 0 Å². The highest BCUT2D eigenvalue weighted by Crippen LogP contribution is 2.22. The van der Waals surface area contributed by atoms with Gasteiger partial charge in [-0.15, -0.1) is 0 Å². The van der Waals surface area contributed by atoms with Crippen LogP contribution in [-0.4, -0.2) is 14.5 Å². The van der Waals surface area contributed by atoms with Crippen LogP contribution < -0.4 is 4.72 Å². The molecule has 0 bridgehead atoms. The van der Waals surface area contributed by atoms with Crippen molar-refractivity contribution >= 4 is 33.2 Å². The van der Waals surface area contributed by atoms with Gasteiger partial charge in [-0.05, 0) is 24.6 Å². The molecule has 98 valence electrons. The summed E-state index contributed by atoms with van der Waals surface area (Å²) in [4.78, 5) is 0. The second kappa shape index (κ2) is 6.39. The molecule has 0 fully saturated rings. The molecule has 7 heteroatoms. The summed E-state index contributed by atoms with van der Waals surface area (Å²) in [6.45, 7) is 1.63. The largest absolute Gasteiger partial charge is 0.216 e. The van der Waals surface area contributed by atoms with Crippen LogP contribution in [0.5, 0.6) is 0 Å². The third-order valence-electron chi connectivity index (χ3n) is 2.14. The van der Waals surface area contributed by atoms with Crippen molar-refractivity contribution in [2.75, 3.05) is 0 Å². The first-order valence-corrected chi connectivity index (χ1v) is 7.56. The van der Waals surface area contributed by atoms with E-state index in [1.165, 1.54) is 6.07 Å². The maximum Gasteiger partial charge on any atom is 0.216 e. The zero-order valence-corrected chi connectivity index (χ0v) is 12.0. The second-order valence-corrected chi connectivity index (χ2v) is 6.47. The Labute approximate surface area is 117 Å². The molecule has 0 amide bonds. The molecular formula is C11H12Cl2N2O2S. The summed E-state index contributed by atoms with van der Waals surface area (Å²) in [5, 5.41) is 9.23. The first kappa shape index (κ1) is 15.3. The highest BCUT2D eigenvalue weighted by Gasteiger charge is 2.16. The molecule has 1 rings (SSSR count). The van der Waals surface area contributed by atoms with Crippen molar-refractivity contribution in [3.63, 3.8) is 0 Å². The fourth-order valence-corrected chi connectivity index (χ4v) is 3.37. The number of benzene rings is 1. The first-order chi connectivity index (χ1) is 8.34. The molecule has 0 aliphatic heterocycles. The summed E-state index contributed by atoms with van der Waals surface area (Å²) in [7, 11) is -3.52. The van der Waals surface area contributed by atoms with Crippen molar-refractivity contribution in [1.29, 1.82) is 5.26 Å². The minimum absolute atomic E-state index is 0.119. The van der Waals surface area contributed by atoms with E-state index in [0.29, 0.717) is 15.6 Å². The molecule has 0 aromatic heterocycles. The van der Waals surface area contributed by atoms with Gasteiger partial charge in [-0.3, -0.25) is 0 Å². The van der Waals surface area contributed by atoms with Crippen LogP contribution in [0.1, 0.15) is 18.9 Å². The normalized spacial score (nSPS) is 13.0. The van der Waals surface area contributed by atoms with Gasteiger partial charge in [0.15, 0.2) is 0 Å². The molecule has 4 nitrogen and oxygen atoms in total. The highest BCUT2D eigenvalue weighted by atomic mass is 35.5. The van der Waals surface area contributed by atoms with Crippen LogP contribution in [-0.2, 0) is 15.8 Å². The Morgan fingerprint density at radius 3 is 2.67 bits per heavy atom. The smallest absolute Gasteiger partial charge is 0.212 e. The van der Waals surface area contributed by atoms with Gasteiger partial charge in [0.1, 0.15) is 0 Å². The maximum absolute atomic E-state index is 11.8. The molecule has 0 radical (unpaired) electrons. The average Bonchev–Trinajstić information content (AvgIpc) is 2.21. The van der Waals surface area contributed by atoms with E-state index in [0.717, 1.165) is 0 Å². The third-order valence-corrected chi connectivity index (χ3v) is 4.18. The molecule has 0 unspecified atom stereocenters. The summed E-state index contributed by atoms with van der Waals surface area (Å²) >= 11 is 11.6. The number of hydrogen-bond donors (Lipinski definition) is 1. The predicted molar refractivity (Wildman–Crippen MR) is 71.9 cm³/mol. The van der Waals surface area contributed by atoms with Gasteiger partial charge in [-0.25, -0.2) is 13.1 Å². The maximum atomic E-state index is 11.8. The lowest BCUT2D eigenvalue weighted by atomic mass is 10.2. The second-order valence-electron chi connectivity index (χ2n) is 3.88. The zero-order chi connectivity index (χ0) is 13.8. The Bertz CT molecular complexity index is 567. The monoisotopic (exact) mass is 306 g/mol. The summed E-state index contributed by atoms with van der Waals surface area (Å²) in [5.74, 6) is -0.237. The van der Waals surface area contributed by atoms with Gasteiger partial charge in [0.25, 0.3) is 0 Å². The van der Waals surface area contributed by atoms with Crippen molar-refractivity contribution in [3.8, 4) is 6.07 Å². The SMILES string of the molecule is C[C@H](CC#N)NS(=O)(=O)Cc1ccc(Cl)cc1Cl. The molecule has 18 heavy (non-hydrogen) atoms. The minimum Gasteiger partial charge on any atom is -0.212 e. The van der Waals surface area contributed by atoms with E-state index in [-0.39, 0.29) is 12.2 Å². The molecule has 0 spiro atoms. The fraction of sp³-hybridized carbons (Fsp3) is 0.364. The van der Waals surface area contributed by atoms with Gasteiger partial charge < -0.3 is 0 Å². The Kier molecular flexibility index (Phi) is 5.42. The lowest BCUT2D eigenvalue weighted by Gasteiger charge is -2.11. The van der Waals surface area contributed by atoms with E-state index < -0.39 is 16.1 Å². The summed E-state index contributed by atoms with van der Waals surface area (Å²) in [6, 6.07) is 6.12. The van der Waals surface area contributed by atoms with Crippen molar-refractivity contribution in [2.45, 2.75) is 25.1 Å². The lowest BCUT2D eigenvalue weighted by molar-refractivity contribution is 0.562. The summed E-state index contributed by atoms with van der Waals surface area (Å²) in [6.07, 6.45) is 0.119. The van der Waals surface area contributed by atoms with Gasteiger partial charge in [0.05, 0.1) is 18.2 Å². The predicted octanol–water partition coefficient (Wildman–Crippen LogP) is 2.71. The van der Waals surface area contributed by atoms with Crippen molar-refractivity contribution < 1.29 is 8.42 Å². The number of nitrogens with zero attached hydrogens (tertiary/aromatic N) is 1. The molecule has 0 heterocycles. The molecule has 1 atom stereocenters. The Balaban J connectivity index is 2.80. The van der Waals surface area contributed by atoms with Gasteiger partial charge >= 0.3 is 0 Å². The van der Waals surface area contributed by atoms with E-state index in [1.807, 2.05) is 6.07 Å². The topological polar surface area (TPSA) is 70.0 Å². The van der Waals surface area contributed by atoms with Crippen molar-refractivity contribution in [2.24, 2.45) is 0 Å². The van der Waals surface area contributed by atoms with Crippen LogP contribution in [0, 0.1) is 11.3 Å². The summed E-state index contributed by atoms with van der Waals surface area (Å²) < 4.78 is 26.0.